The number of amides is 1. The quantitative estimate of drug-likeness (QED) is 0.719. The molecular formula is C11H20ClNO3. The number of nitrogens with one attached hydrogen (secondary N) is 1. The van der Waals surface area contributed by atoms with Crippen molar-refractivity contribution in [1.29, 1.82) is 0 Å². The monoisotopic (exact) mass is 249 g/mol. The molecule has 1 rings (SSSR count). The van der Waals surface area contributed by atoms with Crippen molar-refractivity contribution >= 4 is 17.5 Å². The van der Waals surface area contributed by atoms with Gasteiger partial charge in [0.05, 0.1) is 31.3 Å². The second-order valence-corrected chi connectivity index (χ2v) is 4.59. The number of hydrogen-bond acceptors (Lipinski definition) is 3. The molecule has 3 atom stereocenters. The fourth-order valence-electron chi connectivity index (χ4n) is 1.85. The SMILES string of the molecule is COCC(CCCl)NC(=O)C1COC(C)C1. The van der Waals surface area contributed by atoms with Gasteiger partial charge in [-0.1, -0.05) is 0 Å². The molecule has 0 bridgehead atoms. The van der Waals surface area contributed by atoms with E-state index in [0.717, 1.165) is 12.8 Å². The molecule has 1 saturated heterocycles. The molecule has 1 aliphatic heterocycles. The predicted octanol–water partition coefficient (Wildman–Crippen LogP) is 1.17. The number of carbonyl (C=O) groups excluding carboxylic acids is 1. The molecule has 0 saturated carbocycles. The normalized spacial score (nSPS) is 26.7. The second-order valence-electron chi connectivity index (χ2n) is 4.22. The van der Waals surface area contributed by atoms with Crippen LogP contribution in [0.5, 0.6) is 0 Å². The number of alkyl halides is 1. The van der Waals surface area contributed by atoms with Gasteiger partial charge in [-0.05, 0) is 19.8 Å². The lowest BCUT2D eigenvalue weighted by molar-refractivity contribution is -0.126. The molecule has 1 aliphatic rings. The third kappa shape index (κ3) is 4.28. The van der Waals surface area contributed by atoms with Gasteiger partial charge >= 0.3 is 0 Å². The van der Waals surface area contributed by atoms with Gasteiger partial charge in [0.1, 0.15) is 0 Å². The maximum atomic E-state index is 11.9. The molecule has 0 aromatic rings. The zero-order valence-corrected chi connectivity index (χ0v) is 10.6. The molecule has 0 aromatic carbocycles. The lowest BCUT2D eigenvalue weighted by Gasteiger charge is -2.18. The van der Waals surface area contributed by atoms with E-state index in [0.29, 0.717) is 19.1 Å². The minimum Gasteiger partial charge on any atom is -0.383 e. The van der Waals surface area contributed by atoms with Crippen LogP contribution in [0.4, 0.5) is 0 Å². The Morgan fingerprint density at radius 3 is 2.94 bits per heavy atom. The lowest BCUT2D eigenvalue weighted by Crippen LogP contribution is -2.41. The van der Waals surface area contributed by atoms with E-state index in [1.54, 1.807) is 7.11 Å². The standard InChI is InChI=1S/C11H20ClNO3/c1-8-5-9(6-16-8)11(14)13-10(3-4-12)7-15-2/h8-10H,3-7H2,1-2H3,(H,13,14). The van der Waals surface area contributed by atoms with Crippen molar-refractivity contribution in [3.8, 4) is 0 Å². The van der Waals surface area contributed by atoms with E-state index in [1.165, 1.54) is 0 Å². The van der Waals surface area contributed by atoms with E-state index in [-0.39, 0.29) is 24.0 Å². The van der Waals surface area contributed by atoms with Crippen LogP contribution in [-0.2, 0) is 14.3 Å². The van der Waals surface area contributed by atoms with Crippen molar-refractivity contribution in [2.24, 2.45) is 5.92 Å². The summed E-state index contributed by atoms with van der Waals surface area (Å²) in [5.74, 6) is 0.549. The highest BCUT2D eigenvalue weighted by atomic mass is 35.5. The first-order valence-electron chi connectivity index (χ1n) is 5.64. The van der Waals surface area contributed by atoms with Gasteiger partial charge < -0.3 is 14.8 Å². The molecule has 3 unspecified atom stereocenters. The molecule has 0 aromatic heterocycles. The average molecular weight is 250 g/mol. The number of hydrogen-bond donors (Lipinski definition) is 1. The smallest absolute Gasteiger partial charge is 0.225 e. The average Bonchev–Trinajstić information content (AvgIpc) is 2.65. The van der Waals surface area contributed by atoms with Crippen LogP contribution in [0.25, 0.3) is 0 Å². The van der Waals surface area contributed by atoms with Crippen LogP contribution in [-0.4, -0.2) is 44.3 Å². The third-order valence-electron chi connectivity index (χ3n) is 2.74. The summed E-state index contributed by atoms with van der Waals surface area (Å²) in [7, 11) is 1.62. The highest BCUT2D eigenvalue weighted by molar-refractivity contribution is 6.17. The van der Waals surface area contributed by atoms with Crippen molar-refractivity contribution < 1.29 is 14.3 Å². The Labute approximate surface area is 102 Å². The summed E-state index contributed by atoms with van der Waals surface area (Å²) >= 11 is 5.67. The van der Waals surface area contributed by atoms with Gasteiger partial charge in [0, 0.05) is 13.0 Å². The first-order chi connectivity index (χ1) is 7.67. The molecule has 1 heterocycles. The Morgan fingerprint density at radius 2 is 2.44 bits per heavy atom. The Balaban J connectivity index is 2.35. The van der Waals surface area contributed by atoms with E-state index in [4.69, 9.17) is 21.1 Å². The molecule has 16 heavy (non-hydrogen) atoms. The topological polar surface area (TPSA) is 47.6 Å². The fourth-order valence-corrected chi connectivity index (χ4v) is 2.11. The molecule has 94 valence electrons. The zero-order chi connectivity index (χ0) is 12.0. The molecular weight excluding hydrogens is 230 g/mol. The molecule has 1 amide bonds. The zero-order valence-electron chi connectivity index (χ0n) is 9.87. The summed E-state index contributed by atoms with van der Waals surface area (Å²) in [5, 5.41) is 2.95. The lowest BCUT2D eigenvalue weighted by atomic mass is 10.0. The van der Waals surface area contributed by atoms with E-state index >= 15 is 0 Å². The van der Waals surface area contributed by atoms with Crippen LogP contribution in [0.3, 0.4) is 0 Å². The number of carbonyl (C=O) groups is 1. The number of methoxy groups -OCH3 is 1. The van der Waals surface area contributed by atoms with Crippen molar-refractivity contribution in [2.75, 3.05) is 26.2 Å². The van der Waals surface area contributed by atoms with Gasteiger partial charge in [0.15, 0.2) is 0 Å². The van der Waals surface area contributed by atoms with Gasteiger partial charge in [-0.15, -0.1) is 11.6 Å². The summed E-state index contributed by atoms with van der Waals surface area (Å²) in [6.07, 6.45) is 1.71. The summed E-state index contributed by atoms with van der Waals surface area (Å²) in [6, 6.07) is 0.00547. The van der Waals surface area contributed by atoms with Crippen LogP contribution in [0.2, 0.25) is 0 Å². The number of ether oxygens (including phenoxy) is 2. The number of halogens is 1. The maximum absolute atomic E-state index is 11.9. The van der Waals surface area contributed by atoms with Gasteiger partial charge in [-0.3, -0.25) is 4.79 Å². The fraction of sp³-hybridized carbons (Fsp3) is 0.909. The van der Waals surface area contributed by atoms with Crippen LogP contribution in [0.15, 0.2) is 0 Å². The molecule has 1 fully saturated rings. The van der Waals surface area contributed by atoms with Gasteiger partial charge in [0.2, 0.25) is 5.91 Å². The summed E-state index contributed by atoms with van der Waals surface area (Å²) in [5.41, 5.74) is 0. The molecule has 0 aliphatic carbocycles. The largest absolute Gasteiger partial charge is 0.383 e. The van der Waals surface area contributed by atoms with E-state index in [9.17, 15) is 4.79 Å². The summed E-state index contributed by atoms with van der Waals surface area (Å²) < 4.78 is 10.4. The third-order valence-corrected chi connectivity index (χ3v) is 2.96. The predicted molar refractivity (Wildman–Crippen MR) is 62.7 cm³/mol. The Hall–Kier alpha value is -0.320. The Morgan fingerprint density at radius 1 is 1.69 bits per heavy atom. The van der Waals surface area contributed by atoms with Crippen molar-refractivity contribution in [3.05, 3.63) is 0 Å². The van der Waals surface area contributed by atoms with Crippen LogP contribution >= 0.6 is 11.6 Å². The van der Waals surface area contributed by atoms with Gasteiger partial charge in [-0.2, -0.15) is 0 Å². The van der Waals surface area contributed by atoms with Crippen molar-refractivity contribution in [1.82, 2.24) is 5.32 Å². The minimum absolute atomic E-state index is 0.00547. The maximum Gasteiger partial charge on any atom is 0.225 e. The number of rotatable bonds is 6. The molecule has 4 nitrogen and oxygen atoms in total. The van der Waals surface area contributed by atoms with Crippen molar-refractivity contribution in [3.63, 3.8) is 0 Å². The van der Waals surface area contributed by atoms with Crippen LogP contribution < -0.4 is 5.32 Å². The van der Waals surface area contributed by atoms with E-state index < -0.39 is 0 Å². The minimum atomic E-state index is -0.0234. The van der Waals surface area contributed by atoms with E-state index in [2.05, 4.69) is 5.32 Å². The van der Waals surface area contributed by atoms with Gasteiger partial charge in [-0.25, -0.2) is 0 Å². The molecule has 1 N–H and O–H groups in total. The highest BCUT2D eigenvalue weighted by Gasteiger charge is 2.29. The van der Waals surface area contributed by atoms with Crippen LogP contribution in [0, 0.1) is 5.92 Å². The Bertz CT molecular complexity index is 219. The molecule has 5 heteroatoms. The molecule has 0 radical (unpaired) electrons. The highest BCUT2D eigenvalue weighted by Crippen LogP contribution is 2.19. The summed E-state index contributed by atoms with van der Waals surface area (Å²) in [4.78, 5) is 11.9. The first-order valence-corrected chi connectivity index (χ1v) is 6.17. The first kappa shape index (κ1) is 13.7. The van der Waals surface area contributed by atoms with E-state index in [1.807, 2.05) is 6.92 Å². The molecule has 0 spiro atoms. The van der Waals surface area contributed by atoms with Crippen LogP contribution in [0.1, 0.15) is 19.8 Å². The Kier molecular flexibility index (Phi) is 6.09. The van der Waals surface area contributed by atoms with Crippen molar-refractivity contribution in [2.45, 2.75) is 31.9 Å². The second kappa shape index (κ2) is 7.09. The van der Waals surface area contributed by atoms with Gasteiger partial charge in [0.25, 0.3) is 0 Å². The summed E-state index contributed by atoms with van der Waals surface area (Å²) in [6.45, 7) is 3.01.